The van der Waals surface area contributed by atoms with Gasteiger partial charge in [0.15, 0.2) is 0 Å². The van der Waals surface area contributed by atoms with Gasteiger partial charge in [-0.1, -0.05) is 6.85 Å². The summed E-state index contributed by atoms with van der Waals surface area (Å²) in [4.78, 5) is 10.0. The average molecular weight is 64.1 g/mol. The largest absolute Gasteiger partial charge is 0.303 e. The van der Waals surface area contributed by atoms with Crippen molar-refractivity contribution in [3.63, 3.8) is 0 Å². The lowest BCUT2D eigenvalue weighted by molar-refractivity contribution is -0.107. The Morgan fingerprint density at radius 1 is 3.00 bits per heavy atom. The summed E-state index contributed by atoms with van der Waals surface area (Å²) >= 11 is 0. The number of hydrogen-bond donors (Lipinski definition) is 0. The molecule has 0 atom stereocenters. The molecule has 0 saturated carbocycles. The van der Waals surface area contributed by atoms with Crippen LogP contribution in [0, 0.1) is 0 Å². The maximum absolute atomic E-state index is 10.0. The van der Waals surface area contributed by atoms with Crippen LogP contribution >= 0.6 is 0 Å². The van der Waals surface area contributed by atoms with E-state index in [2.05, 4.69) is 0 Å². The molecule has 0 fully saturated rings. The Bertz CT molecular complexity index is 146. The average Bonchev–Trinajstić information content (AvgIpc) is 1.62. The van der Waals surface area contributed by atoms with E-state index in [9.17, 15) is 4.79 Å². The standard InChI is InChI=1S/C3H6O/c1-2-3-4/h3H,2H2,1H3/i1D3,2D2,3D. The molecule has 0 aliphatic heterocycles. The van der Waals surface area contributed by atoms with Gasteiger partial charge in [0.25, 0.3) is 0 Å². The van der Waals surface area contributed by atoms with Crippen molar-refractivity contribution in [2.45, 2.75) is 13.2 Å². The minimum atomic E-state index is -3.04. The lowest BCUT2D eigenvalue weighted by Gasteiger charge is -1.51. The van der Waals surface area contributed by atoms with E-state index in [1.807, 2.05) is 0 Å². The topological polar surface area (TPSA) is 17.1 Å². The Morgan fingerprint density at radius 2 is 3.75 bits per heavy atom. The summed E-state index contributed by atoms with van der Waals surface area (Å²) in [5.74, 6) is 0. The van der Waals surface area contributed by atoms with Gasteiger partial charge in [0.2, 0.25) is 0 Å². The molecule has 0 aromatic rings. The number of aldehydes is 1. The summed E-state index contributed by atoms with van der Waals surface area (Å²) in [6.45, 7) is -3.04. The monoisotopic (exact) mass is 64.1 g/mol. The van der Waals surface area contributed by atoms with Crippen LogP contribution in [0.5, 0.6) is 0 Å². The summed E-state index contributed by atoms with van der Waals surface area (Å²) < 4.78 is 38.9. The number of hydrogen-bond acceptors (Lipinski definition) is 1. The molecule has 0 aromatic carbocycles. The molecule has 0 spiro atoms. The van der Waals surface area contributed by atoms with Crippen molar-refractivity contribution in [2.75, 3.05) is 0 Å². The van der Waals surface area contributed by atoms with Crippen molar-refractivity contribution in [1.29, 1.82) is 0 Å². The summed E-state index contributed by atoms with van der Waals surface area (Å²) in [6.07, 6.45) is -4.75. The van der Waals surface area contributed by atoms with Crippen LogP contribution in [0.1, 0.15) is 21.4 Å². The zero-order valence-corrected chi connectivity index (χ0v) is 1.91. The SMILES string of the molecule is [2H]C(=O)C([2H])([2H])C([2H])([2H])[2H]. The molecular weight excluding hydrogens is 52.0 g/mol. The Labute approximate surface area is 34.1 Å². The highest BCUT2D eigenvalue weighted by Gasteiger charge is 1.52. The van der Waals surface area contributed by atoms with Crippen LogP contribution in [0.15, 0.2) is 0 Å². The lowest BCUT2D eigenvalue weighted by Crippen LogP contribution is -1.55. The van der Waals surface area contributed by atoms with Gasteiger partial charge in [-0.15, -0.1) is 0 Å². The second-order valence-corrected chi connectivity index (χ2v) is 0.227. The third-order valence-electron chi connectivity index (χ3n) is 0.0510. The zero-order chi connectivity index (χ0) is 8.58. The van der Waals surface area contributed by atoms with E-state index in [0.29, 0.717) is 0 Å². The molecule has 4 heavy (non-hydrogen) atoms. The first-order chi connectivity index (χ1) is 4.19. The smallest absolute Gasteiger partial charge is 0.119 e. The van der Waals surface area contributed by atoms with Crippen molar-refractivity contribution in [3.05, 3.63) is 0 Å². The quantitative estimate of drug-likeness (QED) is 0.408. The number of carbonyl (C=O) groups is 1. The fourth-order valence-electron chi connectivity index (χ4n) is 0. The summed E-state index contributed by atoms with van der Waals surface area (Å²) in [7, 11) is 0. The summed E-state index contributed by atoms with van der Waals surface area (Å²) in [6, 6.07) is 0. The Morgan fingerprint density at radius 3 is 3.75 bits per heavy atom. The van der Waals surface area contributed by atoms with Crippen LogP contribution in [0.2, 0.25) is 0 Å². The molecule has 0 unspecified atom stereocenters. The summed E-state index contributed by atoms with van der Waals surface area (Å²) in [5.41, 5.74) is 0. The molecule has 0 heterocycles. The second-order valence-electron chi connectivity index (χ2n) is 0.227. The highest BCUT2D eigenvalue weighted by molar-refractivity contribution is 5.48. The molecule has 0 rings (SSSR count). The van der Waals surface area contributed by atoms with Crippen LogP contribution in [-0.2, 0) is 4.79 Å². The molecule has 0 N–H and O–H groups in total. The van der Waals surface area contributed by atoms with E-state index < -0.39 is 19.5 Å². The highest BCUT2D eigenvalue weighted by Crippen LogP contribution is 1.53. The first-order valence-electron chi connectivity index (χ1n) is 3.70. The third kappa shape index (κ3) is 1.67. The van der Waals surface area contributed by atoms with Gasteiger partial charge in [-0.25, -0.2) is 0 Å². The Kier molecular flexibility index (Phi) is 0.232. The van der Waals surface area contributed by atoms with Crippen molar-refractivity contribution in [1.82, 2.24) is 0 Å². The lowest BCUT2D eigenvalue weighted by atomic mass is 10.6. The molecule has 0 saturated heterocycles. The minimum Gasteiger partial charge on any atom is -0.303 e. The third-order valence-corrected chi connectivity index (χ3v) is 0.0510. The normalized spacial score (nSPS) is 35.0. The molecule has 0 amide bonds. The van der Waals surface area contributed by atoms with Gasteiger partial charge in [-0.3, -0.25) is 0 Å². The van der Waals surface area contributed by atoms with Gasteiger partial charge in [-0.2, -0.15) is 0 Å². The van der Waals surface area contributed by atoms with Gasteiger partial charge < -0.3 is 4.79 Å². The molecule has 24 valence electrons. The zero-order valence-electron chi connectivity index (χ0n) is 7.91. The van der Waals surface area contributed by atoms with Gasteiger partial charge in [0.1, 0.15) is 7.63 Å². The van der Waals surface area contributed by atoms with E-state index in [1.54, 1.807) is 0 Å². The van der Waals surface area contributed by atoms with Crippen molar-refractivity contribution >= 4 is 6.26 Å². The number of carbonyl (C=O) groups excluding carboxylic acids is 1. The predicted octanol–water partition coefficient (Wildman–Crippen LogP) is 0.595. The maximum Gasteiger partial charge on any atom is 0.119 e. The van der Waals surface area contributed by atoms with Crippen LogP contribution in [0.25, 0.3) is 0 Å². The van der Waals surface area contributed by atoms with Crippen LogP contribution in [0.3, 0.4) is 0 Å². The fraction of sp³-hybridized carbons (Fsp3) is 0.667. The van der Waals surface area contributed by atoms with Crippen molar-refractivity contribution < 1.29 is 13.0 Å². The molecule has 0 bridgehead atoms. The Balaban J connectivity index is 4.57. The molecule has 0 aliphatic carbocycles. The van der Waals surface area contributed by atoms with Gasteiger partial charge in [0, 0.05) is 13.2 Å². The first kappa shape index (κ1) is 0.348. The second kappa shape index (κ2) is 2.67. The van der Waals surface area contributed by atoms with E-state index in [4.69, 9.17) is 8.22 Å². The van der Waals surface area contributed by atoms with E-state index in [-0.39, 0.29) is 0 Å². The molecule has 0 aromatic heterocycles. The molecule has 1 heteroatoms. The molecule has 0 radical (unpaired) electrons. The predicted molar refractivity (Wildman–Crippen MR) is 16.4 cm³/mol. The maximum atomic E-state index is 10.0. The van der Waals surface area contributed by atoms with E-state index >= 15 is 0 Å². The molecule has 1 nitrogen and oxygen atoms in total. The van der Waals surface area contributed by atoms with Crippen LogP contribution in [-0.4, -0.2) is 6.26 Å². The first-order valence-corrected chi connectivity index (χ1v) is 0.704. The summed E-state index contributed by atoms with van der Waals surface area (Å²) in [5, 5.41) is 0. The fourth-order valence-corrected chi connectivity index (χ4v) is 0. The molecular formula is C3H6O. The van der Waals surface area contributed by atoms with Crippen LogP contribution < -0.4 is 0 Å². The Hall–Kier alpha value is -0.330. The van der Waals surface area contributed by atoms with Gasteiger partial charge in [-0.05, 0) is 0 Å². The van der Waals surface area contributed by atoms with Crippen LogP contribution in [0.4, 0.5) is 0 Å². The van der Waals surface area contributed by atoms with Crippen molar-refractivity contribution in [2.24, 2.45) is 0 Å². The van der Waals surface area contributed by atoms with E-state index in [1.165, 1.54) is 0 Å². The van der Waals surface area contributed by atoms with Gasteiger partial charge >= 0.3 is 0 Å². The van der Waals surface area contributed by atoms with E-state index in [0.717, 1.165) is 0 Å². The highest BCUT2D eigenvalue weighted by atomic mass is 16.1. The van der Waals surface area contributed by atoms with Crippen molar-refractivity contribution in [3.8, 4) is 0 Å². The molecule has 0 aliphatic rings. The number of rotatable bonds is 1. The van der Waals surface area contributed by atoms with Gasteiger partial charge in [0.05, 0.1) is 0 Å². The minimum absolute atomic E-state index is 1.72.